The molecule has 180 valence electrons. The monoisotopic (exact) mass is 481 g/mol. The largest absolute Gasteiger partial charge is 0.349 e. The van der Waals surface area contributed by atoms with Gasteiger partial charge in [-0.3, -0.25) is 9.59 Å². The Bertz CT molecular complexity index is 1210. The van der Waals surface area contributed by atoms with Crippen LogP contribution in [0.25, 0.3) is 0 Å². The molecule has 5 rings (SSSR count). The number of carbonyl (C=O) groups is 2. The van der Waals surface area contributed by atoms with Crippen molar-refractivity contribution in [3.8, 4) is 0 Å². The van der Waals surface area contributed by atoms with Crippen LogP contribution < -0.4 is 10.6 Å². The summed E-state index contributed by atoms with van der Waals surface area (Å²) >= 11 is 0. The first-order valence-electron chi connectivity index (χ1n) is 12.2. The standard InChI is InChI=1S/C26H31N3O4S/c30-25-12-4-8-19-16-21(13-14-23(19)27-25)34(32,33)29-15-5-9-20(17-29)26(31)28-24-11-3-7-18-6-1-2-10-22(18)24/h1-2,6,10,13-14,16,20,24H,3-5,7-9,11-12,15,17H2,(H,27,30)(H,28,31)/t20-,24+/m0/s1. The molecule has 0 aromatic heterocycles. The SMILES string of the molecule is O=C1CCCc2cc(S(=O)(=O)N3CCC[C@H](C(=O)N[C@@H]4CCCc5ccccc54)C3)ccc2N1. The van der Waals surface area contributed by atoms with Crippen LogP contribution in [-0.2, 0) is 32.5 Å². The molecule has 2 aromatic carbocycles. The van der Waals surface area contributed by atoms with Crippen LogP contribution in [0.5, 0.6) is 0 Å². The number of piperidine rings is 1. The van der Waals surface area contributed by atoms with Crippen molar-refractivity contribution < 1.29 is 18.0 Å². The second-order valence-corrected chi connectivity index (χ2v) is 11.5. The number of sulfonamides is 1. The zero-order valence-electron chi connectivity index (χ0n) is 19.3. The first kappa shape index (κ1) is 23.1. The number of hydrogen-bond donors (Lipinski definition) is 2. The number of nitrogens with one attached hydrogen (secondary N) is 2. The molecule has 2 amide bonds. The minimum absolute atomic E-state index is 0.00998. The molecule has 2 atom stereocenters. The van der Waals surface area contributed by atoms with E-state index in [4.69, 9.17) is 0 Å². The summed E-state index contributed by atoms with van der Waals surface area (Å²) < 4.78 is 28.4. The molecule has 0 unspecified atom stereocenters. The first-order valence-corrected chi connectivity index (χ1v) is 13.7. The third-order valence-electron chi connectivity index (χ3n) is 7.28. The predicted octanol–water partition coefficient (Wildman–Crippen LogP) is 3.56. The molecule has 1 fully saturated rings. The third kappa shape index (κ3) is 4.61. The fourth-order valence-electron chi connectivity index (χ4n) is 5.43. The van der Waals surface area contributed by atoms with Crippen molar-refractivity contribution in [2.24, 2.45) is 5.92 Å². The van der Waals surface area contributed by atoms with Gasteiger partial charge >= 0.3 is 0 Å². The molecule has 1 aliphatic carbocycles. The first-order chi connectivity index (χ1) is 16.4. The molecule has 8 heteroatoms. The lowest BCUT2D eigenvalue weighted by molar-refractivity contribution is -0.127. The van der Waals surface area contributed by atoms with Gasteiger partial charge in [-0.25, -0.2) is 8.42 Å². The summed E-state index contributed by atoms with van der Waals surface area (Å²) in [6, 6.07) is 13.1. The number of amides is 2. The molecule has 0 spiro atoms. The number of hydrogen-bond acceptors (Lipinski definition) is 4. The molecule has 0 radical (unpaired) electrons. The highest BCUT2D eigenvalue weighted by Crippen LogP contribution is 2.32. The third-order valence-corrected chi connectivity index (χ3v) is 9.14. The molecule has 2 aliphatic heterocycles. The summed E-state index contributed by atoms with van der Waals surface area (Å²) in [4.78, 5) is 25.2. The zero-order valence-corrected chi connectivity index (χ0v) is 20.1. The van der Waals surface area contributed by atoms with Gasteiger partial charge in [0.05, 0.1) is 16.9 Å². The number of benzene rings is 2. The van der Waals surface area contributed by atoms with E-state index in [1.807, 2.05) is 12.1 Å². The Hall–Kier alpha value is -2.71. The van der Waals surface area contributed by atoms with E-state index in [1.54, 1.807) is 18.2 Å². The van der Waals surface area contributed by atoms with Crippen LogP contribution in [0.4, 0.5) is 5.69 Å². The molecule has 0 saturated carbocycles. The van der Waals surface area contributed by atoms with E-state index >= 15 is 0 Å². The van der Waals surface area contributed by atoms with E-state index in [1.165, 1.54) is 15.4 Å². The van der Waals surface area contributed by atoms with Gasteiger partial charge in [-0.15, -0.1) is 0 Å². The van der Waals surface area contributed by atoms with Gasteiger partial charge < -0.3 is 10.6 Å². The lowest BCUT2D eigenvalue weighted by Gasteiger charge is -2.33. The van der Waals surface area contributed by atoms with Crippen LogP contribution in [0, 0.1) is 5.92 Å². The van der Waals surface area contributed by atoms with Crippen LogP contribution in [0.3, 0.4) is 0 Å². The average Bonchev–Trinajstić information content (AvgIpc) is 3.04. The Kier molecular flexibility index (Phi) is 6.44. The summed E-state index contributed by atoms with van der Waals surface area (Å²) in [5.74, 6) is -0.469. The molecule has 2 heterocycles. The molecule has 2 N–H and O–H groups in total. The van der Waals surface area contributed by atoms with E-state index in [-0.39, 0.29) is 35.2 Å². The number of nitrogens with zero attached hydrogens (tertiary/aromatic N) is 1. The Labute approximate surface area is 201 Å². The zero-order chi connectivity index (χ0) is 23.7. The average molecular weight is 482 g/mol. The molecule has 2 aromatic rings. The number of fused-ring (bicyclic) bond motifs is 2. The summed E-state index contributed by atoms with van der Waals surface area (Å²) in [5.41, 5.74) is 3.99. The molecular formula is C26H31N3O4S. The van der Waals surface area contributed by atoms with Crippen molar-refractivity contribution in [1.29, 1.82) is 0 Å². The highest BCUT2D eigenvalue weighted by atomic mass is 32.2. The second kappa shape index (κ2) is 9.50. The number of aryl methyl sites for hydroxylation is 2. The van der Waals surface area contributed by atoms with Gasteiger partial charge in [0.1, 0.15) is 0 Å². The van der Waals surface area contributed by atoms with E-state index in [0.717, 1.165) is 24.8 Å². The molecule has 34 heavy (non-hydrogen) atoms. The van der Waals surface area contributed by atoms with Crippen LogP contribution in [0.15, 0.2) is 47.4 Å². The van der Waals surface area contributed by atoms with Gasteiger partial charge in [0.15, 0.2) is 0 Å². The summed E-state index contributed by atoms with van der Waals surface area (Å²) in [5, 5.41) is 6.06. The van der Waals surface area contributed by atoms with E-state index < -0.39 is 10.0 Å². The molecule has 3 aliphatic rings. The van der Waals surface area contributed by atoms with Gasteiger partial charge in [-0.2, -0.15) is 4.31 Å². The lowest BCUT2D eigenvalue weighted by atomic mass is 9.87. The Morgan fingerprint density at radius 3 is 2.68 bits per heavy atom. The minimum Gasteiger partial charge on any atom is -0.349 e. The van der Waals surface area contributed by atoms with E-state index in [0.29, 0.717) is 44.3 Å². The van der Waals surface area contributed by atoms with Crippen molar-refractivity contribution in [3.05, 3.63) is 59.2 Å². The quantitative estimate of drug-likeness (QED) is 0.698. The van der Waals surface area contributed by atoms with Crippen molar-refractivity contribution in [2.75, 3.05) is 18.4 Å². The second-order valence-electron chi connectivity index (χ2n) is 9.58. The number of anilines is 1. The van der Waals surface area contributed by atoms with Crippen LogP contribution in [0.1, 0.15) is 61.3 Å². The van der Waals surface area contributed by atoms with Crippen molar-refractivity contribution >= 4 is 27.5 Å². The van der Waals surface area contributed by atoms with Crippen molar-refractivity contribution in [2.45, 2.75) is 62.3 Å². The molecule has 1 saturated heterocycles. The number of carbonyl (C=O) groups excluding carboxylic acids is 2. The van der Waals surface area contributed by atoms with E-state index in [9.17, 15) is 18.0 Å². The highest BCUT2D eigenvalue weighted by molar-refractivity contribution is 7.89. The van der Waals surface area contributed by atoms with Crippen LogP contribution in [-0.4, -0.2) is 37.6 Å². The molecule has 7 nitrogen and oxygen atoms in total. The molecular weight excluding hydrogens is 450 g/mol. The maximum atomic E-state index is 13.5. The smallest absolute Gasteiger partial charge is 0.243 e. The topological polar surface area (TPSA) is 95.6 Å². The van der Waals surface area contributed by atoms with Crippen LogP contribution >= 0.6 is 0 Å². The minimum atomic E-state index is -3.73. The maximum absolute atomic E-state index is 13.5. The predicted molar refractivity (Wildman–Crippen MR) is 130 cm³/mol. The Morgan fingerprint density at radius 2 is 1.79 bits per heavy atom. The normalized spacial score (nSPS) is 23.2. The van der Waals surface area contributed by atoms with Gasteiger partial charge in [0, 0.05) is 25.2 Å². The summed E-state index contributed by atoms with van der Waals surface area (Å²) in [7, 11) is -3.73. The molecule has 0 bridgehead atoms. The fraction of sp³-hybridized carbons (Fsp3) is 0.462. The lowest BCUT2D eigenvalue weighted by Crippen LogP contribution is -2.46. The Balaban J connectivity index is 1.30. The number of rotatable bonds is 4. The van der Waals surface area contributed by atoms with Gasteiger partial charge in [0.25, 0.3) is 0 Å². The van der Waals surface area contributed by atoms with Gasteiger partial charge in [-0.1, -0.05) is 24.3 Å². The van der Waals surface area contributed by atoms with E-state index in [2.05, 4.69) is 22.8 Å². The summed E-state index contributed by atoms with van der Waals surface area (Å²) in [6.07, 6.45) is 6.09. The maximum Gasteiger partial charge on any atom is 0.243 e. The van der Waals surface area contributed by atoms with Crippen molar-refractivity contribution in [3.63, 3.8) is 0 Å². The highest BCUT2D eigenvalue weighted by Gasteiger charge is 2.35. The summed E-state index contributed by atoms with van der Waals surface area (Å²) in [6.45, 7) is 0.600. The van der Waals surface area contributed by atoms with Gasteiger partial charge in [0.2, 0.25) is 21.8 Å². The van der Waals surface area contributed by atoms with Crippen LogP contribution in [0.2, 0.25) is 0 Å². The Morgan fingerprint density at radius 1 is 0.971 bits per heavy atom. The van der Waals surface area contributed by atoms with Gasteiger partial charge in [-0.05, 0) is 79.8 Å². The van der Waals surface area contributed by atoms with Crippen molar-refractivity contribution in [1.82, 2.24) is 9.62 Å². The fourth-order valence-corrected chi connectivity index (χ4v) is 7.00.